The number of benzene rings is 1. The molecule has 0 amide bonds. The minimum absolute atomic E-state index is 0.376. The second-order valence-electron chi connectivity index (χ2n) is 5.60. The molecular weight excluding hydrogens is 222 g/mol. The molecule has 1 aromatic carbocycles. The average molecular weight is 247 g/mol. The Morgan fingerprint density at radius 1 is 1.17 bits per heavy atom. The summed E-state index contributed by atoms with van der Waals surface area (Å²) >= 11 is 0. The number of piperidine rings is 1. The summed E-state index contributed by atoms with van der Waals surface area (Å²) in [5.41, 5.74) is 14.1. The van der Waals surface area contributed by atoms with Gasteiger partial charge in [-0.1, -0.05) is 31.2 Å². The number of hydrogen-bond donors (Lipinski definition) is 3. The molecule has 1 heterocycles. The maximum absolute atomic E-state index is 5.96. The zero-order valence-corrected chi connectivity index (χ0v) is 11.4. The molecule has 4 atom stereocenters. The van der Waals surface area contributed by atoms with Crippen LogP contribution in [0.2, 0.25) is 0 Å². The largest absolute Gasteiger partial charge is 0.330 e. The molecule has 2 rings (SSSR count). The number of rotatable bonds is 3. The molecule has 0 saturated carbocycles. The van der Waals surface area contributed by atoms with Crippen LogP contribution in [0.3, 0.4) is 0 Å². The first-order chi connectivity index (χ1) is 8.65. The smallest absolute Gasteiger partial charge is 0.0365 e. The molecule has 0 radical (unpaired) electrons. The molecule has 0 bridgehead atoms. The Bertz CT molecular complexity index is 374. The van der Waals surface area contributed by atoms with Gasteiger partial charge in [0.1, 0.15) is 0 Å². The van der Waals surface area contributed by atoms with Crippen LogP contribution < -0.4 is 16.8 Å². The molecule has 3 heteroatoms. The number of hydrogen-bond acceptors (Lipinski definition) is 3. The lowest BCUT2D eigenvalue weighted by molar-refractivity contribution is 0.174. The summed E-state index contributed by atoms with van der Waals surface area (Å²) in [7, 11) is 0. The maximum Gasteiger partial charge on any atom is 0.0365 e. The van der Waals surface area contributed by atoms with E-state index in [2.05, 4.69) is 43.4 Å². The van der Waals surface area contributed by atoms with Crippen molar-refractivity contribution in [3.8, 4) is 0 Å². The minimum atomic E-state index is 0.376. The van der Waals surface area contributed by atoms with Crippen molar-refractivity contribution in [2.45, 2.75) is 38.9 Å². The highest BCUT2D eigenvalue weighted by atomic mass is 15.0. The van der Waals surface area contributed by atoms with Crippen molar-refractivity contribution in [1.82, 2.24) is 5.32 Å². The third-order valence-electron chi connectivity index (χ3n) is 4.20. The van der Waals surface area contributed by atoms with Crippen LogP contribution in [0.25, 0.3) is 0 Å². The van der Waals surface area contributed by atoms with Gasteiger partial charge >= 0.3 is 0 Å². The average Bonchev–Trinajstić information content (AvgIpc) is 2.38. The van der Waals surface area contributed by atoms with E-state index in [4.69, 9.17) is 11.5 Å². The first-order valence-corrected chi connectivity index (χ1v) is 6.90. The van der Waals surface area contributed by atoms with Gasteiger partial charge in [0.15, 0.2) is 0 Å². The van der Waals surface area contributed by atoms with Crippen molar-refractivity contribution in [3.05, 3.63) is 35.4 Å². The second kappa shape index (κ2) is 5.83. The first kappa shape index (κ1) is 13.5. The van der Waals surface area contributed by atoms with Crippen LogP contribution in [0.4, 0.5) is 0 Å². The zero-order chi connectivity index (χ0) is 13.1. The van der Waals surface area contributed by atoms with Crippen LogP contribution in [-0.2, 0) is 6.54 Å². The third kappa shape index (κ3) is 2.74. The van der Waals surface area contributed by atoms with Gasteiger partial charge in [-0.2, -0.15) is 0 Å². The Hall–Kier alpha value is -0.900. The molecule has 1 aliphatic heterocycles. The Morgan fingerprint density at radius 3 is 2.39 bits per heavy atom. The van der Waals surface area contributed by atoms with Gasteiger partial charge in [-0.15, -0.1) is 0 Å². The van der Waals surface area contributed by atoms with E-state index in [-0.39, 0.29) is 0 Å². The van der Waals surface area contributed by atoms with Crippen LogP contribution in [0.15, 0.2) is 24.3 Å². The van der Waals surface area contributed by atoms with Crippen molar-refractivity contribution >= 4 is 0 Å². The fourth-order valence-electron chi connectivity index (χ4n) is 3.13. The van der Waals surface area contributed by atoms with E-state index < -0.39 is 0 Å². The van der Waals surface area contributed by atoms with Gasteiger partial charge in [-0.25, -0.2) is 0 Å². The third-order valence-corrected chi connectivity index (χ3v) is 4.20. The van der Waals surface area contributed by atoms with Gasteiger partial charge in [0.05, 0.1) is 0 Å². The van der Waals surface area contributed by atoms with Gasteiger partial charge in [0.25, 0.3) is 0 Å². The Balaban J connectivity index is 2.22. The lowest BCUT2D eigenvalue weighted by Gasteiger charge is -2.40. The summed E-state index contributed by atoms with van der Waals surface area (Å²) in [5.74, 6) is 1.19. The van der Waals surface area contributed by atoms with Crippen molar-refractivity contribution in [1.29, 1.82) is 0 Å². The van der Waals surface area contributed by atoms with Crippen LogP contribution in [0.5, 0.6) is 0 Å². The summed E-state index contributed by atoms with van der Waals surface area (Å²) in [6.45, 7) is 5.91. The normalized spacial score (nSPS) is 32.4. The monoisotopic (exact) mass is 247 g/mol. The Morgan fingerprint density at radius 2 is 1.83 bits per heavy atom. The van der Waals surface area contributed by atoms with Gasteiger partial charge in [-0.05, 0) is 42.9 Å². The fraction of sp³-hybridized carbons (Fsp3) is 0.600. The topological polar surface area (TPSA) is 64.1 Å². The molecule has 0 spiro atoms. The van der Waals surface area contributed by atoms with Gasteiger partial charge < -0.3 is 16.8 Å². The predicted octanol–water partition coefficient (Wildman–Crippen LogP) is 1.78. The summed E-state index contributed by atoms with van der Waals surface area (Å²) < 4.78 is 0. The molecule has 0 aromatic heterocycles. The first-order valence-electron chi connectivity index (χ1n) is 6.90. The van der Waals surface area contributed by atoms with Crippen molar-refractivity contribution in [3.63, 3.8) is 0 Å². The van der Waals surface area contributed by atoms with Gasteiger partial charge in [0.2, 0.25) is 0 Å². The molecule has 18 heavy (non-hydrogen) atoms. The standard InChI is InChI=1S/C15H25N3/c1-10-7-11(2)18-15(14(10)9-17)13-5-3-12(8-16)4-6-13/h3-6,10-11,14-15,18H,7-9,16-17H2,1-2H3. The zero-order valence-electron chi connectivity index (χ0n) is 11.4. The van der Waals surface area contributed by atoms with Crippen LogP contribution in [0, 0.1) is 11.8 Å². The molecule has 1 fully saturated rings. The quantitative estimate of drug-likeness (QED) is 0.763. The molecule has 0 aliphatic carbocycles. The van der Waals surface area contributed by atoms with E-state index >= 15 is 0 Å². The van der Waals surface area contributed by atoms with Crippen molar-refractivity contribution < 1.29 is 0 Å². The highest BCUT2D eigenvalue weighted by molar-refractivity contribution is 5.26. The van der Waals surface area contributed by atoms with E-state index in [9.17, 15) is 0 Å². The van der Waals surface area contributed by atoms with Crippen LogP contribution in [-0.4, -0.2) is 12.6 Å². The van der Waals surface area contributed by atoms with Crippen molar-refractivity contribution in [2.75, 3.05) is 6.54 Å². The summed E-state index contributed by atoms with van der Waals surface area (Å²) in [6.07, 6.45) is 1.21. The number of nitrogens with one attached hydrogen (secondary N) is 1. The van der Waals surface area contributed by atoms with Gasteiger partial charge in [0, 0.05) is 18.6 Å². The van der Waals surface area contributed by atoms with Crippen LogP contribution >= 0.6 is 0 Å². The molecule has 5 N–H and O–H groups in total. The molecule has 1 saturated heterocycles. The van der Waals surface area contributed by atoms with Crippen LogP contribution in [0.1, 0.15) is 37.4 Å². The molecule has 1 aliphatic rings. The van der Waals surface area contributed by atoms with E-state index in [1.165, 1.54) is 17.5 Å². The van der Waals surface area contributed by atoms with E-state index in [1.54, 1.807) is 0 Å². The molecule has 1 aromatic rings. The summed E-state index contributed by atoms with van der Waals surface area (Å²) in [5, 5.41) is 3.69. The molecular formula is C15H25N3. The molecule has 100 valence electrons. The maximum atomic E-state index is 5.96. The Labute approximate surface area is 110 Å². The molecule has 4 unspecified atom stereocenters. The van der Waals surface area contributed by atoms with Gasteiger partial charge in [-0.3, -0.25) is 0 Å². The predicted molar refractivity (Wildman–Crippen MR) is 76.0 cm³/mol. The lowest BCUT2D eigenvalue weighted by Crippen LogP contribution is -2.46. The SMILES string of the molecule is CC1CC(C)C(CN)C(c2ccc(CN)cc2)N1. The summed E-state index contributed by atoms with van der Waals surface area (Å²) in [6, 6.07) is 9.55. The van der Waals surface area contributed by atoms with E-state index in [1.807, 2.05) is 0 Å². The van der Waals surface area contributed by atoms with E-state index in [0.717, 1.165) is 6.54 Å². The lowest BCUT2D eigenvalue weighted by atomic mass is 9.77. The highest BCUT2D eigenvalue weighted by Gasteiger charge is 2.33. The minimum Gasteiger partial charge on any atom is -0.330 e. The summed E-state index contributed by atoms with van der Waals surface area (Å²) in [4.78, 5) is 0. The number of nitrogens with two attached hydrogens (primary N) is 2. The van der Waals surface area contributed by atoms with E-state index in [0.29, 0.717) is 30.5 Å². The highest BCUT2D eigenvalue weighted by Crippen LogP contribution is 2.34. The second-order valence-corrected chi connectivity index (χ2v) is 5.60. The molecule has 3 nitrogen and oxygen atoms in total. The fourth-order valence-corrected chi connectivity index (χ4v) is 3.13. The van der Waals surface area contributed by atoms with Crippen molar-refractivity contribution in [2.24, 2.45) is 23.3 Å². The Kier molecular flexibility index (Phi) is 4.38.